The van der Waals surface area contributed by atoms with E-state index in [1.807, 2.05) is 0 Å². The van der Waals surface area contributed by atoms with Crippen molar-refractivity contribution in [3.8, 4) is 0 Å². The van der Waals surface area contributed by atoms with Crippen LogP contribution in [-0.4, -0.2) is 24.5 Å². The lowest BCUT2D eigenvalue weighted by atomic mass is 9.99. The summed E-state index contributed by atoms with van der Waals surface area (Å²) >= 11 is 0. The highest BCUT2D eigenvalue weighted by atomic mass is 16.6. The van der Waals surface area contributed by atoms with Crippen molar-refractivity contribution in [3.63, 3.8) is 0 Å². The maximum atomic E-state index is 11.0. The highest BCUT2D eigenvalue weighted by molar-refractivity contribution is 5.95. The molecule has 1 aliphatic heterocycles. The van der Waals surface area contributed by atoms with Gasteiger partial charge < -0.3 is 16.2 Å². The van der Waals surface area contributed by atoms with Crippen molar-refractivity contribution in [1.82, 2.24) is 0 Å². The average Bonchev–Trinajstić information content (AvgIpc) is 2.41. The molecular formula is C8H12N2O3. The van der Waals surface area contributed by atoms with Crippen LogP contribution in [0.4, 0.5) is 0 Å². The summed E-state index contributed by atoms with van der Waals surface area (Å²) in [5, 5.41) is 0. The van der Waals surface area contributed by atoms with Crippen LogP contribution in [0.2, 0.25) is 0 Å². The molecule has 0 aliphatic carbocycles. The molecule has 5 heteroatoms. The summed E-state index contributed by atoms with van der Waals surface area (Å²) in [6.07, 6.45) is 3.33. The molecule has 5 nitrogen and oxygen atoms in total. The van der Waals surface area contributed by atoms with Crippen molar-refractivity contribution in [2.45, 2.75) is 12.5 Å². The predicted molar refractivity (Wildman–Crippen MR) is 45.4 cm³/mol. The van der Waals surface area contributed by atoms with Gasteiger partial charge in [-0.15, -0.1) is 0 Å². The van der Waals surface area contributed by atoms with Gasteiger partial charge in [0, 0.05) is 12.6 Å². The highest BCUT2D eigenvalue weighted by Gasteiger charge is 2.36. The van der Waals surface area contributed by atoms with Crippen LogP contribution in [-0.2, 0) is 14.3 Å². The molecule has 1 saturated heterocycles. The smallest absolute Gasteiger partial charge is 0.319 e. The van der Waals surface area contributed by atoms with Gasteiger partial charge in [0.15, 0.2) is 0 Å². The molecule has 2 atom stereocenters. The van der Waals surface area contributed by atoms with Crippen LogP contribution >= 0.6 is 0 Å². The van der Waals surface area contributed by atoms with E-state index in [9.17, 15) is 9.59 Å². The zero-order chi connectivity index (χ0) is 9.84. The molecule has 1 fully saturated rings. The minimum Gasteiger partial charge on any atom is -0.393 e. The van der Waals surface area contributed by atoms with Gasteiger partial charge in [-0.25, -0.2) is 0 Å². The third-order valence-electron chi connectivity index (χ3n) is 1.86. The summed E-state index contributed by atoms with van der Waals surface area (Å²) in [4.78, 5) is 21.7. The third-order valence-corrected chi connectivity index (χ3v) is 1.86. The number of carbonyl (C=O) groups excluding carboxylic acids is 2. The fourth-order valence-corrected chi connectivity index (χ4v) is 1.16. The maximum Gasteiger partial charge on any atom is 0.319 e. The van der Waals surface area contributed by atoms with Crippen molar-refractivity contribution in [1.29, 1.82) is 0 Å². The molecule has 1 heterocycles. The number of rotatable bonds is 3. The lowest BCUT2D eigenvalue weighted by Crippen LogP contribution is -2.31. The Balaban J connectivity index is 2.56. The average molecular weight is 184 g/mol. The van der Waals surface area contributed by atoms with Gasteiger partial charge in [-0.05, 0) is 0 Å². The Morgan fingerprint density at radius 1 is 1.62 bits per heavy atom. The molecule has 1 aliphatic rings. The molecule has 0 saturated carbocycles. The van der Waals surface area contributed by atoms with Crippen LogP contribution in [0.3, 0.4) is 0 Å². The van der Waals surface area contributed by atoms with Crippen molar-refractivity contribution < 1.29 is 14.3 Å². The molecule has 13 heavy (non-hydrogen) atoms. The number of carbonyl (C=O) groups is 2. The van der Waals surface area contributed by atoms with Gasteiger partial charge in [-0.2, -0.15) is 0 Å². The topological polar surface area (TPSA) is 95.4 Å². The second-order valence-electron chi connectivity index (χ2n) is 2.84. The Kier molecular flexibility index (Phi) is 3.16. The second kappa shape index (κ2) is 4.15. The minimum atomic E-state index is -0.546. The lowest BCUT2D eigenvalue weighted by Gasteiger charge is -2.09. The van der Waals surface area contributed by atoms with E-state index in [1.165, 1.54) is 0 Å². The molecule has 0 bridgehead atoms. The normalized spacial score (nSPS) is 25.2. The van der Waals surface area contributed by atoms with Crippen LogP contribution < -0.4 is 11.5 Å². The summed E-state index contributed by atoms with van der Waals surface area (Å²) in [5.74, 6) is -1.60. The fourth-order valence-electron chi connectivity index (χ4n) is 1.16. The van der Waals surface area contributed by atoms with Crippen LogP contribution in [0.1, 0.15) is 6.42 Å². The Morgan fingerprint density at radius 3 is 2.77 bits per heavy atom. The van der Waals surface area contributed by atoms with Gasteiger partial charge >= 0.3 is 11.9 Å². The van der Waals surface area contributed by atoms with E-state index in [-0.39, 0.29) is 6.42 Å². The predicted octanol–water partition coefficient (Wildman–Crippen LogP) is -1.08. The molecule has 4 N–H and O–H groups in total. The molecule has 0 aromatic carbocycles. The van der Waals surface area contributed by atoms with Crippen molar-refractivity contribution in [2.24, 2.45) is 17.4 Å². The van der Waals surface area contributed by atoms with Crippen molar-refractivity contribution >= 4 is 11.9 Å². The van der Waals surface area contributed by atoms with E-state index in [0.717, 1.165) is 0 Å². The summed E-state index contributed by atoms with van der Waals surface area (Å²) in [6, 6.07) is -0.484. The van der Waals surface area contributed by atoms with Gasteiger partial charge in [0.2, 0.25) is 0 Å². The standard InChI is InChI=1S/C8H12N2O3/c9-3-1-2-6(10)5-4-7(11)13-8(5)12/h1-2,5-6H,3-4,9-10H2/b2-1+. The largest absolute Gasteiger partial charge is 0.393 e. The first-order chi connectivity index (χ1) is 6.15. The van der Waals surface area contributed by atoms with Crippen molar-refractivity contribution in [2.75, 3.05) is 6.54 Å². The van der Waals surface area contributed by atoms with Gasteiger partial charge in [-0.3, -0.25) is 9.59 Å². The van der Waals surface area contributed by atoms with Crippen LogP contribution in [0.25, 0.3) is 0 Å². The zero-order valence-electron chi connectivity index (χ0n) is 7.10. The first kappa shape index (κ1) is 9.88. The Morgan fingerprint density at radius 2 is 2.31 bits per heavy atom. The SMILES string of the molecule is NC/C=C/C(N)C1CC(=O)OC1=O. The number of hydrogen-bond donors (Lipinski definition) is 2. The molecule has 0 aromatic rings. The second-order valence-corrected chi connectivity index (χ2v) is 2.84. The molecule has 2 unspecified atom stereocenters. The third kappa shape index (κ3) is 2.37. The molecule has 0 radical (unpaired) electrons. The van der Waals surface area contributed by atoms with Gasteiger partial charge in [0.25, 0.3) is 0 Å². The molecule has 0 spiro atoms. The number of cyclic esters (lactones) is 2. The molecule has 0 aromatic heterocycles. The summed E-state index contributed by atoms with van der Waals surface area (Å²) < 4.78 is 4.35. The van der Waals surface area contributed by atoms with Crippen LogP contribution in [0.5, 0.6) is 0 Å². The Bertz CT molecular complexity index is 250. The molecule has 72 valence electrons. The van der Waals surface area contributed by atoms with Crippen molar-refractivity contribution in [3.05, 3.63) is 12.2 Å². The molecule has 1 rings (SSSR count). The fraction of sp³-hybridized carbons (Fsp3) is 0.500. The van der Waals surface area contributed by atoms with Crippen LogP contribution in [0, 0.1) is 5.92 Å². The number of esters is 2. The van der Waals surface area contributed by atoms with Gasteiger partial charge in [0.1, 0.15) is 0 Å². The van der Waals surface area contributed by atoms with E-state index >= 15 is 0 Å². The molecule has 0 amide bonds. The Labute approximate surface area is 75.7 Å². The van der Waals surface area contributed by atoms with E-state index in [2.05, 4.69) is 4.74 Å². The number of ether oxygens (including phenoxy) is 1. The van der Waals surface area contributed by atoms with Gasteiger partial charge in [-0.1, -0.05) is 12.2 Å². The minimum absolute atomic E-state index is 0.0644. The Hall–Kier alpha value is -1.20. The number of nitrogens with two attached hydrogens (primary N) is 2. The quantitative estimate of drug-likeness (QED) is 0.330. The van der Waals surface area contributed by atoms with Crippen LogP contribution in [0.15, 0.2) is 12.2 Å². The first-order valence-corrected chi connectivity index (χ1v) is 4.02. The van der Waals surface area contributed by atoms with E-state index < -0.39 is 23.9 Å². The summed E-state index contributed by atoms with van der Waals surface area (Å²) in [6.45, 7) is 0.364. The van der Waals surface area contributed by atoms with E-state index in [4.69, 9.17) is 11.5 Å². The molecular weight excluding hydrogens is 172 g/mol. The zero-order valence-corrected chi connectivity index (χ0v) is 7.10. The monoisotopic (exact) mass is 184 g/mol. The van der Waals surface area contributed by atoms with Gasteiger partial charge in [0.05, 0.1) is 12.3 Å². The summed E-state index contributed by atoms with van der Waals surface area (Å²) in [5.41, 5.74) is 10.8. The number of hydrogen-bond acceptors (Lipinski definition) is 5. The van der Waals surface area contributed by atoms with E-state index in [0.29, 0.717) is 6.54 Å². The summed E-state index contributed by atoms with van der Waals surface area (Å²) in [7, 11) is 0. The lowest BCUT2D eigenvalue weighted by molar-refractivity contribution is -0.153. The van der Waals surface area contributed by atoms with E-state index in [1.54, 1.807) is 12.2 Å². The highest BCUT2D eigenvalue weighted by Crippen LogP contribution is 2.18. The maximum absolute atomic E-state index is 11.0. The first-order valence-electron chi connectivity index (χ1n) is 4.02.